The van der Waals surface area contributed by atoms with E-state index >= 15 is 0 Å². The molecule has 0 aromatic heterocycles. The van der Waals surface area contributed by atoms with E-state index < -0.39 is 0 Å². The third kappa shape index (κ3) is 4.69. The molecule has 0 spiro atoms. The number of hydrogen-bond acceptors (Lipinski definition) is 0. The molecule has 0 saturated heterocycles. The quantitative estimate of drug-likeness (QED) is 0.341. The summed E-state index contributed by atoms with van der Waals surface area (Å²) in [5.41, 5.74) is 3.17. The first-order valence-corrected chi connectivity index (χ1v) is 4.75. The standard InChI is InChI=1S/C13H12F.2ClH.Hf/c1-9-6-10(2)13(7-9)11-4-3-5-12(14)8-11;;;/h3-5,7-9H,1-2H3;2*1H;/q-1;;;/p-2. The minimum absolute atomic E-state index is 0. The van der Waals surface area contributed by atoms with Crippen LogP contribution >= 0.6 is 0 Å². The van der Waals surface area contributed by atoms with Crippen molar-refractivity contribution in [1.29, 1.82) is 0 Å². The number of rotatable bonds is 1. The number of allylic oxidation sites excluding steroid dienone is 4. The predicted molar refractivity (Wildman–Crippen MR) is 56.0 cm³/mol. The van der Waals surface area contributed by atoms with Gasteiger partial charge in [0.1, 0.15) is 5.82 Å². The summed E-state index contributed by atoms with van der Waals surface area (Å²) in [7, 11) is 0. The molecule has 1 atom stereocenters. The van der Waals surface area contributed by atoms with Crippen molar-refractivity contribution in [3.63, 3.8) is 0 Å². The first-order chi connectivity index (χ1) is 6.66. The van der Waals surface area contributed by atoms with Crippen LogP contribution in [0.3, 0.4) is 0 Å². The molecule has 2 rings (SSSR count). The SMILES string of the molecule is CC1=[C-]C(C)C=C1c1cccc(F)c1.[Cl-].[Cl-].[Hf]. The Labute approximate surface area is 133 Å². The van der Waals surface area contributed by atoms with Crippen LogP contribution in [-0.4, -0.2) is 0 Å². The maximum Gasteiger partial charge on any atom is 0.122 e. The Balaban J connectivity index is 0. The maximum absolute atomic E-state index is 13.0. The minimum atomic E-state index is -0.184. The Kier molecular flexibility index (Phi) is 9.40. The summed E-state index contributed by atoms with van der Waals surface area (Å²) in [4.78, 5) is 0. The fourth-order valence-corrected chi connectivity index (χ4v) is 1.80. The molecular weight excluding hydrogens is 425 g/mol. The second-order valence-electron chi connectivity index (χ2n) is 3.65. The molecule has 1 aliphatic carbocycles. The van der Waals surface area contributed by atoms with E-state index in [0.717, 1.165) is 16.7 Å². The van der Waals surface area contributed by atoms with Crippen molar-refractivity contribution >= 4 is 5.57 Å². The third-order valence-corrected chi connectivity index (χ3v) is 2.40. The van der Waals surface area contributed by atoms with E-state index in [-0.39, 0.29) is 56.5 Å². The molecule has 1 aromatic rings. The van der Waals surface area contributed by atoms with Gasteiger partial charge < -0.3 is 24.8 Å². The number of hydrogen-bond donors (Lipinski definition) is 0. The van der Waals surface area contributed by atoms with Crippen LogP contribution in [0.4, 0.5) is 4.39 Å². The van der Waals surface area contributed by atoms with Crippen LogP contribution in [0.2, 0.25) is 0 Å². The third-order valence-electron chi connectivity index (χ3n) is 2.40. The molecule has 0 amide bonds. The number of halogens is 3. The summed E-state index contributed by atoms with van der Waals surface area (Å²) < 4.78 is 13.0. The van der Waals surface area contributed by atoms with E-state index in [1.54, 1.807) is 12.1 Å². The van der Waals surface area contributed by atoms with Crippen LogP contribution < -0.4 is 24.8 Å². The molecule has 0 aliphatic heterocycles. The molecule has 0 radical (unpaired) electrons. The van der Waals surface area contributed by atoms with Gasteiger partial charge in [0.25, 0.3) is 0 Å². The molecule has 0 fully saturated rings. The molecule has 1 aromatic carbocycles. The van der Waals surface area contributed by atoms with E-state index in [1.807, 2.05) is 13.0 Å². The van der Waals surface area contributed by atoms with Gasteiger partial charge in [-0.2, -0.15) is 11.6 Å². The second-order valence-corrected chi connectivity index (χ2v) is 3.65. The first kappa shape index (κ1) is 19.4. The summed E-state index contributed by atoms with van der Waals surface area (Å²) in [6.07, 6.45) is 5.40. The summed E-state index contributed by atoms with van der Waals surface area (Å²) in [5, 5.41) is 0. The zero-order valence-electron chi connectivity index (χ0n) is 9.60. The van der Waals surface area contributed by atoms with Crippen LogP contribution in [0.15, 0.2) is 35.9 Å². The van der Waals surface area contributed by atoms with Crippen molar-refractivity contribution in [2.45, 2.75) is 13.8 Å². The van der Waals surface area contributed by atoms with Crippen molar-refractivity contribution in [2.24, 2.45) is 5.92 Å². The Bertz CT molecular complexity index is 427. The van der Waals surface area contributed by atoms with Gasteiger partial charge in [0, 0.05) is 25.8 Å². The fourth-order valence-electron chi connectivity index (χ4n) is 1.80. The summed E-state index contributed by atoms with van der Waals surface area (Å²) in [5.74, 6) is 0.157. The Hall–Kier alpha value is 0.0801. The van der Waals surface area contributed by atoms with Gasteiger partial charge in [-0.3, -0.25) is 6.08 Å². The largest absolute Gasteiger partial charge is 1.00 e. The molecule has 92 valence electrons. The van der Waals surface area contributed by atoms with Crippen LogP contribution in [0.25, 0.3) is 5.57 Å². The van der Waals surface area contributed by atoms with E-state index in [2.05, 4.69) is 19.1 Å². The Morgan fingerprint density at radius 1 is 1.24 bits per heavy atom. The average molecular weight is 437 g/mol. The summed E-state index contributed by atoms with van der Waals surface area (Å²) >= 11 is 0. The molecule has 0 saturated carbocycles. The second kappa shape index (κ2) is 8.23. The van der Waals surface area contributed by atoms with Gasteiger partial charge in [0.05, 0.1) is 0 Å². The smallest absolute Gasteiger partial charge is 0.122 e. The van der Waals surface area contributed by atoms with Gasteiger partial charge in [0.2, 0.25) is 0 Å². The zero-order chi connectivity index (χ0) is 10.1. The molecule has 1 aliphatic rings. The van der Waals surface area contributed by atoms with Crippen molar-refractivity contribution in [3.05, 3.63) is 53.4 Å². The fraction of sp³-hybridized carbons (Fsp3) is 0.231. The molecule has 17 heavy (non-hydrogen) atoms. The minimum Gasteiger partial charge on any atom is -1.00 e. The molecule has 4 heteroatoms. The van der Waals surface area contributed by atoms with Crippen molar-refractivity contribution in [3.8, 4) is 0 Å². The van der Waals surface area contributed by atoms with Crippen molar-refractivity contribution in [2.75, 3.05) is 0 Å². The Morgan fingerprint density at radius 2 is 1.88 bits per heavy atom. The topological polar surface area (TPSA) is 0 Å². The van der Waals surface area contributed by atoms with E-state index in [0.29, 0.717) is 5.92 Å². The molecule has 1 unspecified atom stereocenters. The van der Waals surface area contributed by atoms with Gasteiger partial charge in [0.15, 0.2) is 0 Å². The van der Waals surface area contributed by atoms with E-state index in [4.69, 9.17) is 0 Å². The van der Waals surface area contributed by atoms with Gasteiger partial charge in [-0.25, -0.2) is 9.96 Å². The first-order valence-electron chi connectivity index (χ1n) is 4.75. The van der Waals surface area contributed by atoms with E-state index in [1.165, 1.54) is 6.07 Å². The normalized spacial score (nSPS) is 17.0. The van der Waals surface area contributed by atoms with Gasteiger partial charge in [-0.15, -0.1) is 0 Å². The van der Waals surface area contributed by atoms with Gasteiger partial charge >= 0.3 is 0 Å². The van der Waals surface area contributed by atoms with Crippen LogP contribution in [0.1, 0.15) is 19.4 Å². The van der Waals surface area contributed by atoms with Gasteiger partial charge in [-0.05, 0) is 12.1 Å². The molecular formula is C13H12Cl2FHf-3. The molecule has 0 nitrogen and oxygen atoms in total. The molecule has 0 heterocycles. The molecule has 0 bridgehead atoms. The zero-order valence-corrected chi connectivity index (χ0v) is 14.7. The monoisotopic (exact) mass is 437 g/mol. The number of benzene rings is 1. The Morgan fingerprint density at radius 3 is 2.35 bits per heavy atom. The molecule has 0 N–H and O–H groups in total. The average Bonchev–Trinajstić information content (AvgIpc) is 2.45. The maximum atomic E-state index is 13.0. The van der Waals surface area contributed by atoms with E-state index in [9.17, 15) is 4.39 Å². The summed E-state index contributed by atoms with van der Waals surface area (Å²) in [6, 6.07) is 6.69. The van der Waals surface area contributed by atoms with Crippen molar-refractivity contribution < 1.29 is 55.0 Å². The van der Waals surface area contributed by atoms with Crippen LogP contribution in [0.5, 0.6) is 0 Å². The van der Waals surface area contributed by atoms with Gasteiger partial charge in [-0.1, -0.05) is 37.5 Å². The predicted octanol–water partition coefficient (Wildman–Crippen LogP) is -2.39. The van der Waals surface area contributed by atoms with Crippen molar-refractivity contribution in [1.82, 2.24) is 0 Å². The summed E-state index contributed by atoms with van der Waals surface area (Å²) in [6.45, 7) is 4.09. The van der Waals surface area contributed by atoms with Crippen LogP contribution in [-0.2, 0) is 25.8 Å². The van der Waals surface area contributed by atoms with Crippen LogP contribution in [0, 0.1) is 17.8 Å².